The SMILES string of the molecule is N#CC(C(=O)NN)C1Oc2cc(F)ccc2C(O)=C1S(=O)(=O)Oc1ccccc1. The first-order valence-corrected chi connectivity index (χ1v) is 9.48. The molecule has 2 unspecified atom stereocenters. The molecule has 0 aromatic heterocycles. The van der Waals surface area contributed by atoms with Gasteiger partial charge < -0.3 is 14.0 Å². The minimum absolute atomic E-state index is 0.0757. The fourth-order valence-electron chi connectivity index (χ4n) is 2.73. The zero-order chi connectivity index (χ0) is 21.2. The molecule has 3 rings (SSSR count). The van der Waals surface area contributed by atoms with E-state index in [0.717, 1.165) is 18.2 Å². The molecular formula is C18H14FN3O6S. The fraction of sp³-hybridized carbons (Fsp3) is 0.111. The number of carbonyl (C=O) groups is 1. The number of para-hydroxylation sites is 1. The largest absolute Gasteiger partial charge is 0.506 e. The van der Waals surface area contributed by atoms with Gasteiger partial charge in [0.25, 0.3) is 5.91 Å². The molecule has 11 heteroatoms. The Morgan fingerprint density at radius 2 is 2.00 bits per heavy atom. The van der Waals surface area contributed by atoms with Gasteiger partial charge in [-0.1, -0.05) is 18.2 Å². The Bertz CT molecular complexity index is 1130. The molecule has 150 valence electrons. The molecule has 4 N–H and O–H groups in total. The number of nitrogens with one attached hydrogen (secondary N) is 1. The van der Waals surface area contributed by atoms with Crippen molar-refractivity contribution in [1.82, 2.24) is 5.43 Å². The topological polar surface area (TPSA) is 152 Å². The van der Waals surface area contributed by atoms with Crippen LogP contribution in [0.25, 0.3) is 5.76 Å². The highest BCUT2D eigenvalue weighted by Crippen LogP contribution is 2.40. The number of hydrogen-bond acceptors (Lipinski definition) is 8. The highest BCUT2D eigenvalue weighted by atomic mass is 32.2. The van der Waals surface area contributed by atoms with Crippen LogP contribution < -0.4 is 20.2 Å². The second-order valence-electron chi connectivity index (χ2n) is 5.86. The summed E-state index contributed by atoms with van der Waals surface area (Å²) in [6.45, 7) is 0. The zero-order valence-electron chi connectivity index (χ0n) is 14.6. The van der Waals surface area contributed by atoms with Crippen LogP contribution in [0.4, 0.5) is 4.39 Å². The number of amides is 1. The van der Waals surface area contributed by atoms with Gasteiger partial charge >= 0.3 is 10.1 Å². The van der Waals surface area contributed by atoms with Crippen molar-refractivity contribution in [2.24, 2.45) is 11.8 Å². The summed E-state index contributed by atoms with van der Waals surface area (Å²) in [4.78, 5) is 11.1. The van der Waals surface area contributed by atoms with Crippen LogP contribution in [-0.2, 0) is 14.9 Å². The number of carbonyl (C=O) groups excluding carboxylic acids is 1. The van der Waals surface area contributed by atoms with E-state index < -0.39 is 44.5 Å². The van der Waals surface area contributed by atoms with Crippen molar-refractivity contribution in [3.05, 3.63) is 64.8 Å². The zero-order valence-corrected chi connectivity index (χ0v) is 15.4. The molecule has 1 amide bonds. The lowest BCUT2D eigenvalue weighted by atomic mass is 9.98. The summed E-state index contributed by atoms with van der Waals surface area (Å²) in [5.41, 5.74) is 1.58. The number of nitrogens with zero attached hydrogens (tertiary/aromatic N) is 1. The molecular weight excluding hydrogens is 405 g/mol. The molecule has 0 fully saturated rings. The van der Waals surface area contributed by atoms with E-state index in [9.17, 15) is 28.0 Å². The Kier molecular flexibility index (Phi) is 5.40. The van der Waals surface area contributed by atoms with Crippen LogP contribution in [-0.4, -0.2) is 25.5 Å². The number of rotatable bonds is 5. The number of fused-ring (bicyclic) bond motifs is 1. The van der Waals surface area contributed by atoms with E-state index in [1.165, 1.54) is 24.3 Å². The standard InChI is InChI=1S/C18H14FN3O6S/c19-10-6-7-12-14(8-10)27-16(13(9-20)18(24)22-21)17(15(12)23)29(25,26)28-11-4-2-1-3-5-11/h1-8,13,16,23H,21H2,(H,22,24). The molecule has 0 radical (unpaired) electrons. The van der Waals surface area contributed by atoms with Gasteiger partial charge in [0, 0.05) is 6.07 Å². The van der Waals surface area contributed by atoms with E-state index in [0.29, 0.717) is 0 Å². The van der Waals surface area contributed by atoms with Gasteiger partial charge in [-0.3, -0.25) is 10.2 Å². The summed E-state index contributed by atoms with van der Waals surface area (Å²) in [7, 11) is -4.75. The second kappa shape index (κ2) is 7.78. The van der Waals surface area contributed by atoms with Crippen molar-refractivity contribution in [2.75, 3.05) is 0 Å². The molecule has 0 saturated carbocycles. The number of aliphatic hydroxyl groups is 1. The van der Waals surface area contributed by atoms with Crippen LogP contribution in [0.5, 0.6) is 11.5 Å². The second-order valence-corrected chi connectivity index (χ2v) is 7.37. The normalized spacial score (nSPS) is 16.8. The predicted molar refractivity (Wildman–Crippen MR) is 97.8 cm³/mol. The van der Waals surface area contributed by atoms with Gasteiger partial charge in [0.15, 0.2) is 16.9 Å². The third-order valence-corrected chi connectivity index (χ3v) is 5.41. The van der Waals surface area contributed by atoms with E-state index in [2.05, 4.69) is 0 Å². The van der Waals surface area contributed by atoms with Gasteiger partial charge in [-0.15, -0.1) is 0 Å². The van der Waals surface area contributed by atoms with Crippen LogP contribution in [0.15, 0.2) is 53.4 Å². The number of aliphatic hydroxyl groups excluding tert-OH is 1. The number of hydrogen-bond donors (Lipinski definition) is 3. The highest BCUT2D eigenvalue weighted by molar-refractivity contribution is 7.91. The van der Waals surface area contributed by atoms with Crippen molar-refractivity contribution in [3.8, 4) is 17.6 Å². The van der Waals surface area contributed by atoms with Gasteiger partial charge in [-0.2, -0.15) is 13.7 Å². The maximum Gasteiger partial charge on any atom is 0.342 e. The number of halogens is 1. The smallest absolute Gasteiger partial charge is 0.342 e. The van der Waals surface area contributed by atoms with Crippen molar-refractivity contribution in [1.29, 1.82) is 5.26 Å². The monoisotopic (exact) mass is 419 g/mol. The van der Waals surface area contributed by atoms with Crippen molar-refractivity contribution >= 4 is 21.8 Å². The number of nitrogens with two attached hydrogens (primary N) is 1. The first-order valence-electron chi connectivity index (χ1n) is 8.08. The first-order chi connectivity index (χ1) is 13.8. The minimum atomic E-state index is -4.75. The summed E-state index contributed by atoms with van der Waals surface area (Å²) >= 11 is 0. The Labute approximate surface area is 164 Å². The maximum atomic E-state index is 13.6. The van der Waals surface area contributed by atoms with Crippen LogP contribution in [0.1, 0.15) is 5.56 Å². The summed E-state index contributed by atoms with van der Waals surface area (Å²) in [6.07, 6.45) is -1.84. The Morgan fingerprint density at radius 1 is 1.31 bits per heavy atom. The van der Waals surface area contributed by atoms with Crippen molar-refractivity contribution in [3.63, 3.8) is 0 Å². The van der Waals surface area contributed by atoms with Crippen molar-refractivity contribution in [2.45, 2.75) is 6.10 Å². The average molecular weight is 419 g/mol. The van der Waals surface area contributed by atoms with Gasteiger partial charge in [-0.05, 0) is 24.3 Å². The van der Waals surface area contributed by atoms with Crippen LogP contribution in [0.2, 0.25) is 0 Å². The first kappa shape index (κ1) is 20.1. The number of hydrazine groups is 1. The van der Waals surface area contributed by atoms with Crippen LogP contribution >= 0.6 is 0 Å². The molecule has 29 heavy (non-hydrogen) atoms. The third kappa shape index (κ3) is 3.84. The molecule has 2 atom stereocenters. The van der Waals surface area contributed by atoms with E-state index >= 15 is 0 Å². The highest BCUT2D eigenvalue weighted by Gasteiger charge is 2.46. The number of ether oxygens (including phenoxy) is 1. The third-order valence-electron chi connectivity index (χ3n) is 4.03. The average Bonchev–Trinajstić information content (AvgIpc) is 2.68. The quantitative estimate of drug-likeness (QED) is 0.284. The summed E-state index contributed by atoms with van der Waals surface area (Å²) < 4.78 is 49.9. The molecule has 1 aliphatic rings. The van der Waals surface area contributed by atoms with E-state index in [1.807, 2.05) is 0 Å². The van der Waals surface area contributed by atoms with Crippen LogP contribution in [0.3, 0.4) is 0 Å². The predicted octanol–water partition coefficient (Wildman–Crippen LogP) is 1.35. The molecule has 0 aliphatic carbocycles. The summed E-state index contributed by atoms with van der Waals surface area (Å²) in [5, 5.41) is 20.0. The lowest BCUT2D eigenvalue weighted by Crippen LogP contribution is -2.46. The Balaban J connectivity index is 2.19. The Hall–Kier alpha value is -3.62. The fourth-order valence-corrected chi connectivity index (χ4v) is 4.00. The van der Waals surface area contributed by atoms with Gasteiger partial charge in [0.05, 0.1) is 11.6 Å². The summed E-state index contributed by atoms with van der Waals surface area (Å²) in [5.74, 6) is 0.298. The van der Waals surface area contributed by atoms with E-state index in [-0.39, 0.29) is 17.1 Å². The molecule has 1 aliphatic heterocycles. The van der Waals surface area contributed by atoms with E-state index in [4.69, 9.17) is 14.8 Å². The molecule has 2 aromatic carbocycles. The van der Waals surface area contributed by atoms with E-state index in [1.54, 1.807) is 17.6 Å². The minimum Gasteiger partial charge on any atom is -0.506 e. The maximum absolute atomic E-state index is 13.6. The molecule has 2 aromatic rings. The lowest BCUT2D eigenvalue weighted by Gasteiger charge is -2.30. The molecule has 0 saturated heterocycles. The lowest BCUT2D eigenvalue weighted by molar-refractivity contribution is -0.125. The molecule has 0 bridgehead atoms. The number of nitriles is 1. The molecule has 9 nitrogen and oxygen atoms in total. The van der Waals surface area contributed by atoms with Gasteiger partial charge in [0.1, 0.15) is 23.1 Å². The van der Waals surface area contributed by atoms with Gasteiger partial charge in [-0.25, -0.2) is 10.2 Å². The number of benzene rings is 2. The van der Waals surface area contributed by atoms with Crippen molar-refractivity contribution < 1.29 is 31.6 Å². The summed E-state index contributed by atoms with van der Waals surface area (Å²) in [6, 6.07) is 11.9. The molecule has 0 spiro atoms. The molecule has 1 heterocycles. The Morgan fingerprint density at radius 3 is 2.62 bits per heavy atom. The van der Waals surface area contributed by atoms with Crippen LogP contribution in [0, 0.1) is 23.1 Å². The van der Waals surface area contributed by atoms with Gasteiger partial charge in [0.2, 0.25) is 0 Å².